The molecule has 0 N–H and O–H groups in total. The number of benzene rings is 2. The van der Waals surface area contributed by atoms with Crippen molar-refractivity contribution in [2.75, 3.05) is 64.8 Å². The molecule has 4 heteroatoms. The van der Waals surface area contributed by atoms with Gasteiger partial charge in [-0.15, -0.1) is 0 Å². The van der Waals surface area contributed by atoms with E-state index in [9.17, 15) is 0 Å². The number of piperidine rings is 1. The van der Waals surface area contributed by atoms with Crippen LogP contribution in [0.3, 0.4) is 0 Å². The Morgan fingerprint density at radius 1 is 0.828 bits per heavy atom. The van der Waals surface area contributed by atoms with E-state index in [1.165, 1.54) is 75.6 Å². The van der Waals surface area contributed by atoms with Gasteiger partial charge in [0.05, 0.1) is 0 Å². The molecule has 2 aromatic rings. The average Bonchev–Trinajstić information content (AvgIpc) is 2.76. The van der Waals surface area contributed by atoms with E-state index in [1.54, 1.807) is 0 Å². The van der Waals surface area contributed by atoms with Crippen molar-refractivity contribution in [1.82, 2.24) is 14.7 Å². The third kappa shape index (κ3) is 5.59. The minimum atomic E-state index is 0.829. The number of nitrogens with zero attached hydrogens (tertiary/aromatic N) is 4. The van der Waals surface area contributed by atoms with E-state index < -0.39 is 0 Å². The minimum Gasteiger partial charge on any atom is -0.345 e. The van der Waals surface area contributed by atoms with Crippen LogP contribution in [-0.2, 0) is 6.54 Å². The molecule has 156 valence electrons. The Labute approximate surface area is 176 Å². The molecule has 29 heavy (non-hydrogen) atoms. The topological polar surface area (TPSA) is 13.0 Å². The Morgan fingerprint density at radius 2 is 1.52 bits per heavy atom. The average molecular weight is 393 g/mol. The molecule has 0 radical (unpaired) electrons. The van der Waals surface area contributed by atoms with Gasteiger partial charge in [-0.25, -0.2) is 0 Å². The summed E-state index contributed by atoms with van der Waals surface area (Å²) in [7, 11) is 4.38. The first kappa shape index (κ1) is 20.4. The van der Waals surface area contributed by atoms with Gasteiger partial charge >= 0.3 is 0 Å². The van der Waals surface area contributed by atoms with Crippen molar-refractivity contribution < 1.29 is 0 Å². The first-order chi connectivity index (χ1) is 14.2. The number of hydrogen-bond donors (Lipinski definition) is 0. The normalized spacial score (nSPS) is 21.9. The van der Waals surface area contributed by atoms with E-state index in [-0.39, 0.29) is 0 Å². The standard InChI is InChI=1S/C25H36N4/c1-26-15-17-28(18-16-26)20-23-7-6-14-29(21-23)19-22-10-12-25(13-11-22)27(2)24-8-4-3-5-9-24/h3-5,8-13,23H,6-7,14-21H2,1-2H3. The van der Waals surface area contributed by atoms with Crippen molar-refractivity contribution in [1.29, 1.82) is 0 Å². The van der Waals surface area contributed by atoms with Gasteiger partial charge in [-0.05, 0) is 62.2 Å². The lowest BCUT2D eigenvalue weighted by atomic mass is 9.96. The van der Waals surface area contributed by atoms with Crippen LogP contribution in [0.1, 0.15) is 18.4 Å². The molecule has 4 nitrogen and oxygen atoms in total. The van der Waals surface area contributed by atoms with Crippen LogP contribution < -0.4 is 4.90 Å². The third-order valence-corrected chi connectivity index (χ3v) is 6.59. The van der Waals surface area contributed by atoms with Crippen LogP contribution in [0.15, 0.2) is 54.6 Å². The molecule has 2 fully saturated rings. The molecule has 1 atom stereocenters. The number of rotatable bonds is 6. The Kier molecular flexibility index (Phi) is 6.86. The molecule has 0 aromatic heterocycles. The van der Waals surface area contributed by atoms with Gasteiger partial charge in [0.1, 0.15) is 0 Å². The maximum absolute atomic E-state index is 2.68. The van der Waals surface area contributed by atoms with Crippen LogP contribution in [0.4, 0.5) is 11.4 Å². The molecule has 4 rings (SSSR count). The number of anilines is 2. The zero-order chi connectivity index (χ0) is 20.1. The summed E-state index contributed by atoms with van der Waals surface area (Å²) in [6.07, 6.45) is 2.73. The summed E-state index contributed by atoms with van der Waals surface area (Å²) in [6.45, 7) is 9.77. The Hall–Kier alpha value is -1.88. The highest BCUT2D eigenvalue weighted by atomic mass is 15.2. The predicted octanol–water partition coefficient (Wildman–Crippen LogP) is 3.91. The van der Waals surface area contributed by atoms with Crippen LogP contribution in [0.5, 0.6) is 0 Å². The first-order valence-electron chi connectivity index (χ1n) is 11.2. The smallest absolute Gasteiger partial charge is 0.0408 e. The summed E-state index contributed by atoms with van der Waals surface area (Å²) in [6, 6.07) is 19.7. The van der Waals surface area contributed by atoms with Crippen molar-refractivity contribution in [2.24, 2.45) is 5.92 Å². The predicted molar refractivity (Wildman–Crippen MR) is 123 cm³/mol. The molecule has 2 aromatic carbocycles. The zero-order valence-electron chi connectivity index (χ0n) is 18.1. The molecular formula is C25H36N4. The highest BCUT2D eigenvalue weighted by Crippen LogP contribution is 2.25. The number of para-hydroxylation sites is 1. The monoisotopic (exact) mass is 392 g/mol. The lowest BCUT2D eigenvalue weighted by molar-refractivity contribution is 0.0966. The maximum atomic E-state index is 2.68. The lowest BCUT2D eigenvalue weighted by Gasteiger charge is -2.38. The first-order valence-corrected chi connectivity index (χ1v) is 11.2. The summed E-state index contributed by atoms with van der Waals surface area (Å²) in [5, 5.41) is 0. The molecule has 0 aliphatic carbocycles. The fourth-order valence-corrected chi connectivity index (χ4v) is 4.72. The molecule has 1 unspecified atom stereocenters. The van der Waals surface area contributed by atoms with Crippen molar-refractivity contribution in [2.45, 2.75) is 19.4 Å². The van der Waals surface area contributed by atoms with Gasteiger partial charge < -0.3 is 14.7 Å². The van der Waals surface area contributed by atoms with Gasteiger partial charge in [0.25, 0.3) is 0 Å². The van der Waals surface area contributed by atoms with Crippen LogP contribution in [0.2, 0.25) is 0 Å². The summed E-state index contributed by atoms with van der Waals surface area (Å²) in [5.74, 6) is 0.829. The highest BCUT2D eigenvalue weighted by molar-refractivity contribution is 5.62. The van der Waals surface area contributed by atoms with E-state index in [1.807, 2.05) is 0 Å². The van der Waals surface area contributed by atoms with Crippen molar-refractivity contribution in [3.8, 4) is 0 Å². The second-order valence-corrected chi connectivity index (χ2v) is 8.91. The number of piperazine rings is 1. The van der Waals surface area contributed by atoms with Gasteiger partial charge in [-0.1, -0.05) is 30.3 Å². The molecule has 2 aliphatic heterocycles. The SMILES string of the molecule is CN1CCN(CC2CCCN(Cc3ccc(N(C)c4ccccc4)cc3)C2)CC1. The fourth-order valence-electron chi connectivity index (χ4n) is 4.72. The summed E-state index contributed by atoms with van der Waals surface area (Å²) in [5.41, 5.74) is 3.89. The van der Waals surface area contributed by atoms with E-state index in [2.05, 4.69) is 88.3 Å². The summed E-state index contributed by atoms with van der Waals surface area (Å²) >= 11 is 0. The molecule has 0 bridgehead atoms. The quantitative estimate of drug-likeness (QED) is 0.739. The molecule has 2 aliphatic rings. The zero-order valence-corrected chi connectivity index (χ0v) is 18.1. The molecule has 0 saturated carbocycles. The van der Waals surface area contributed by atoms with Crippen LogP contribution in [-0.4, -0.2) is 74.6 Å². The van der Waals surface area contributed by atoms with Gasteiger partial charge in [-0.3, -0.25) is 4.90 Å². The van der Waals surface area contributed by atoms with E-state index in [4.69, 9.17) is 0 Å². The summed E-state index contributed by atoms with van der Waals surface area (Å²) in [4.78, 5) is 10.0. The molecule has 0 amide bonds. The van der Waals surface area contributed by atoms with Gasteiger partial charge in [0.15, 0.2) is 0 Å². The Bertz CT molecular complexity index is 737. The number of likely N-dealkylation sites (N-methyl/N-ethyl adjacent to an activating group) is 1. The van der Waals surface area contributed by atoms with Crippen molar-refractivity contribution in [3.05, 3.63) is 60.2 Å². The number of hydrogen-bond acceptors (Lipinski definition) is 4. The number of likely N-dealkylation sites (tertiary alicyclic amines) is 1. The van der Waals surface area contributed by atoms with Crippen molar-refractivity contribution in [3.63, 3.8) is 0 Å². The Balaban J connectivity index is 1.29. The van der Waals surface area contributed by atoms with E-state index in [0.717, 1.165) is 12.5 Å². The van der Waals surface area contributed by atoms with Crippen molar-refractivity contribution >= 4 is 11.4 Å². The minimum absolute atomic E-state index is 0.829. The highest BCUT2D eigenvalue weighted by Gasteiger charge is 2.23. The molecule has 2 saturated heterocycles. The Morgan fingerprint density at radius 3 is 2.24 bits per heavy atom. The van der Waals surface area contributed by atoms with E-state index >= 15 is 0 Å². The fraction of sp³-hybridized carbons (Fsp3) is 0.520. The summed E-state index contributed by atoms with van der Waals surface area (Å²) < 4.78 is 0. The maximum Gasteiger partial charge on any atom is 0.0408 e. The molecule has 2 heterocycles. The largest absolute Gasteiger partial charge is 0.345 e. The van der Waals surface area contributed by atoms with Gasteiger partial charge in [0, 0.05) is 64.2 Å². The van der Waals surface area contributed by atoms with Gasteiger partial charge in [-0.2, -0.15) is 0 Å². The second-order valence-electron chi connectivity index (χ2n) is 8.91. The van der Waals surface area contributed by atoms with E-state index in [0.29, 0.717) is 0 Å². The molecule has 0 spiro atoms. The third-order valence-electron chi connectivity index (χ3n) is 6.59. The van der Waals surface area contributed by atoms with Crippen LogP contribution in [0, 0.1) is 5.92 Å². The van der Waals surface area contributed by atoms with Crippen LogP contribution in [0.25, 0.3) is 0 Å². The lowest BCUT2D eigenvalue weighted by Crippen LogP contribution is -2.48. The second kappa shape index (κ2) is 9.75. The van der Waals surface area contributed by atoms with Gasteiger partial charge in [0.2, 0.25) is 0 Å². The molecular weight excluding hydrogens is 356 g/mol. The van der Waals surface area contributed by atoms with Crippen LogP contribution >= 0.6 is 0 Å².